The Morgan fingerprint density at radius 2 is 2.30 bits per heavy atom. The van der Waals surface area contributed by atoms with Crippen LogP contribution in [0.25, 0.3) is 10.2 Å². The predicted molar refractivity (Wildman–Crippen MR) is 82.5 cm³/mol. The lowest BCUT2D eigenvalue weighted by Crippen LogP contribution is -2.30. The van der Waals surface area contributed by atoms with Gasteiger partial charge in [0.2, 0.25) is 0 Å². The van der Waals surface area contributed by atoms with Crippen molar-refractivity contribution in [1.82, 2.24) is 20.2 Å². The molecule has 5 nitrogen and oxygen atoms in total. The van der Waals surface area contributed by atoms with E-state index in [9.17, 15) is 4.79 Å². The smallest absolute Gasteiger partial charge is 0.259 e. The number of likely N-dealkylation sites (N-methyl/N-ethyl adjacent to an activating group) is 1. The zero-order valence-corrected chi connectivity index (χ0v) is 12.9. The highest BCUT2D eigenvalue weighted by atomic mass is 32.1. The van der Waals surface area contributed by atoms with Crippen LogP contribution < -0.4 is 10.9 Å². The van der Waals surface area contributed by atoms with E-state index in [2.05, 4.69) is 20.2 Å². The Bertz CT molecular complexity index is 690. The van der Waals surface area contributed by atoms with E-state index in [0.29, 0.717) is 6.04 Å². The number of H-pyrrole nitrogens is 1. The van der Waals surface area contributed by atoms with Crippen molar-refractivity contribution in [1.29, 1.82) is 0 Å². The topological polar surface area (TPSA) is 61.0 Å². The molecule has 2 aromatic heterocycles. The van der Waals surface area contributed by atoms with Crippen LogP contribution in [0.5, 0.6) is 0 Å². The summed E-state index contributed by atoms with van der Waals surface area (Å²) in [6.45, 7) is 6.82. The van der Waals surface area contributed by atoms with Crippen molar-refractivity contribution in [3.8, 4) is 0 Å². The largest absolute Gasteiger partial charge is 0.316 e. The number of hydrogen-bond acceptors (Lipinski definition) is 5. The first-order valence-electron chi connectivity index (χ1n) is 6.97. The number of fused-ring (bicyclic) bond motifs is 1. The Hall–Kier alpha value is -1.24. The van der Waals surface area contributed by atoms with E-state index in [1.807, 2.05) is 20.9 Å². The van der Waals surface area contributed by atoms with Gasteiger partial charge in [-0.25, -0.2) is 4.98 Å². The van der Waals surface area contributed by atoms with Crippen LogP contribution >= 0.6 is 11.3 Å². The van der Waals surface area contributed by atoms with Gasteiger partial charge in [-0.3, -0.25) is 9.69 Å². The van der Waals surface area contributed by atoms with E-state index in [4.69, 9.17) is 0 Å². The molecule has 3 rings (SSSR count). The number of likely N-dealkylation sites (tertiary alicyclic amines) is 1. The minimum Gasteiger partial charge on any atom is -0.316 e. The Balaban J connectivity index is 1.88. The van der Waals surface area contributed by atoms with Gasteiger partial charge in [-0.1, -0.05) is 0 Å². The minimum absolute atomic E-state index is 0.00351. The predicted octanol–water partition coefficient (Wildman–Crippen LogP) is 1.40. The van der Waals surface area contributed by atoms with Crippen molar-refractivity contribution in [2.75, 3.05) is 20.1 Å². The molecule has 6 heteroatoms. The van der Waals surface area contributed by atoms with Crippen molar-refractivity contribution < 1.29 is 0 Å². The number of nitrogens with one attached hydrogen (secondary N) is 2. The molecule has 2 N–H and O–H groups in total. The van der Waals surface area contributed by atoms with Crippen LogP contribution in [0.15, 0.2) is 4.79 Å². The summed E-state index contributed by atoms with van der Waals surface area (Å²) in [5.41, 5.74) is 1.05. The number of hydrogen-bond donors (Lipinski definition) is 2. The molecule has 0 aliphatic carbocycles. The Morgan fingerprint density at radius 3 is 3.00 bits per heavy atom. The van der Waals surface area contributed by atoms with Gasteiger partial charge in [-0.05, 0) is 32.9 Å². The summed E-state index contributed by atoms with van der Waals surface area (Å²) in [5.74, 6) is 0.778. The fourth-order valence-corrected chi connectivity index (χ4v) is 3.85. The van der Waals surface area contributed by atoms with Gasteiger partial charge in [0.25, 0.3) is 5.56 Å². The molecule has 0 saturated carbocycles. The lowest BCUT2D eigenvalue weighted by molar-refractivity contribution is 0.314. The first-order valence-corrected chi connectivity index (χ1v) is 7.78. The summed E-state index contributed by atoms with van der Waals surface area (Å²) in [4.78, 5) is 24.2. The summed E-state index contributed by atoms with van der Waals surface area (Å²) in [7, 11) is 2.00. The molecule has 1 saturated heterocycles. The van der Waals surface area contributed by atoms with E-state index in [-0.39, 0.29) is 5.56 Å². The molecule has 2 aromatic rings. The quantitative estimate of drug-likeness (QED) is 0.897. The number of rotatable bonds is 3. The molecule has 1 aliphatic heterocycles. The number of nitrogens with zero attached hydrogens (tertiary/aromatic N) is 2. The maximum absolute atomic E-state index is 12.2. The van der Waals surface area contributed by atoms with Gasteiger partial charge in [0.1, 0.15) is 10.7 Å². The number of aryl methyl sites for hydroxylation is 2. The monoisotopic (exact) mass is 292 g/mol. The number of thiophene rings is 1. The number of aromatic nitrogens is 2. The summed E-state index contributed by atoms with van der Waals surface area (Å²) < 4.78 is 0. The third-order valence-corrected chi connectivity index (χ3v) is 5.24. The van der Waals surface area contributed by atoms with Gasteiger partial charge in [0, 0.05) is 24.0 Å². The van der Waals surface area contributed by atoms with Crippen molar-refractivity contribution in [2.45, 2.75) is 32.9 Å². The van der Waals surface area contributed by atoms with Gasteiger partial charge in [-0.2, -0.15) is 0 Å². The molecule has 0 bridgehead atoms. The highest BCUT2D eigenvalue weighted by Gasteiger charge is 2.22. The summed E-state index contributed by atoms with van der Waals surface area (Å²) in [6, 6.07) is 0.552. The Labute approximate surface area is 122 Å². The maximum atomic E-state index is 12.2. The summed E-state index contributed by atoms with van der Waals surface area (Å²) in [5, 5.41) is 4.05. The molecule has 1 atom stereocenters. The fourth-order valence-electron chi connectivity index (χ4n) is 2.80. The first kappa shape index (κ1) is 13.7. The lowest BCUT2D eigenvalue weighted by Gasteiger charge is -2.14. The van der Waals surface area contributed by atoms with E-state index >= 15 is 0 Å². The molecule has 0 spiro atoms. The molecule has 3 heterocycles. The average Bonchev–Trinajstić information content (AvgIpc) is 2.95. The zero-order chi connectivity index (χ0) is 14.3. The molecule has 0 radical (unpaired) electrons. The van der Waals surface area contributed by atoms with Crippen LogP contribution in [0.1, 0.15) is 22.7 Å². The molecule has 1 fully saturated rings. The second-order valence-corrected chi connectivity index (χ2v) is 6.69. The fraction of sp³-hybridized carbons (Fsp3) is 0.571. The molecule has 20 heavy (non-hydrogen) atoms. The molecule has 108 valence electrons. The van der Waals surface area contributed by atoms with Crippen molar-refractivity contribution in [3.63, 3.8) is 0 Å². The SMILES string of the molecule is CNC1CCN(Cc2nc3sc(C)c(C)c3c(=O)[nH]2)C1. The maximum Gasteiger partial charge on any atom is 0.259 e. The third kappa shape index (κ3) is 2.39. The zero-order valence-electron chi connectivity index (χ0n) is 12.1. The van der Waals surface area contributed by atoms with Gasteiger partial charge >= 0.3 is 0 Å². The van der Waals surface area contributed by atoms with Crippen LogP contribution in [0.4, 0.5) is 0 Å². The average molecular weight is 292 g/mol. The van der Waals surface area contributed by atoms with E-state index in [1.165, 1.54) is 4.88 Å². The van der Waals surface area contributed by atoms with E-state index < -0.39 is 0 Å². The van der Waals surface area contributed by atoms with Crippen LogP contribution in [0.2, 0.25) is 0 Å². The second kappa shape index (κ2) is 5.27. The molecule has 1 aliphatic rings. The van der Waals surface area contributed by atoms with Gasteiger partial charge < -0.3 is 10.3 Å². The van der Waals surface area contributed by atoms with Crippen molar-refractivity contribution >= 4 is 21.6 Å². The second-order valence-electron chi connectivity index (χ2n) is 5.49. The molecular formula is C14H20N4OS. The Kier molecular flexibility index (Phi) is 3.62. The summed E-state index contributed by atoms with van der Waals surface area (Å²) >= 11 is 1.61. The standard InChI is InChI=1S/C14H20N4OS/c1-8-9(2)20-14-12(8)13(19)16-11(17-14)7-18-5-4-10(6-18)15-3/h10,15H,4-7H2,1-3H3,(H,16,17,19). The molecule has 0 amide bonds. The third-order valence-electron chi connectivity index (χ3n) is 4.14. The molecular weight excluding hydrogens is 272 g/mol. The van der Waals surface area contributed by atoms with Crippen LogP contribution in [0, 0.1) is 13.8 Å². The van der Waals surface area contributed by atoms with Gasteiger partial charge in [0.05, 0.1) is 11.9 Å². The van der Waals surface area contributed by atoms with E-state index in [1.54, 1.807) is 11.3 Å². The first-order chi connectivity index (χ1) is 9.58. The molecule has 1 unspecified atom stereocenters. The normalized spacial score (nSPS) is 20.1. The van der Waals surface area contributed by atoms with Crippen LogP contribution in [0.3, 0.4) is 0 Å². The Morgan fingerprint density at radius 1 is 1.50 bits per heavy atom. The highest BCUT2D eigenvalue weighted by molar-refractivity contribution is 7.18. The minimum atomic E-state index is -0.00351. The lowest BCUT2D eigenvalue weighted by atomic mass is 10.2. The van der Waals surface area contributed by atoms with Crippen LogP contribution in [-0.2, 0) is 6.54 Å². The highest BCUT2D eigenvalue weighted by Crippen LogP contribution is 2.25. The molecule has 0 aromatic carbocycles. The van der Waals surface area contributed by atoms with Crippen molar-refractivity contribution in [3.05, 3.63) is 26.6 Å². The van der Waals surface area contributed by atoms with Gasteiger partial charge in [-0.15, -0.1) is 11.3 Å². The van der Waals surface area contributed by atoms with Crippen LogP contribution in [-0.4, -0.2) is 41.0 Å². The number of aromatic amines is 1. The van der Waals surface area contributed by atoms with E-state index in [0.717, 1.165) is 47.7 Å². The van der Waals surface area contributed by atoms with Crippen molar-refractivity contribution in [2.24, 2.45) is 0 Å². The summed E-state index contributed by atoms with van der Waals surface area (Å²) in [6.07, 6.45) is 1.15. The van der Waals surface area contributed by atoms with Gasteiger partial charge in [0.15, 0.2) is 0 Å².